The van der Waals surface area contributed by atoms with Gasteiger partial charge in [0.2, 0.25) is 5.88 Å². The SMILES string of the molecule is CC1(C)Cn2ncc(Br)c2O1. The van der Waals surface area contributed by atoms with Crippen LogP contribution in [0.5, 0.6) is 5.88 Å². The van der Waals surface area contributed by atoms with Crippen molar-refractivity contribution in [3.63, 3.8) is 0 Å². The molecule has 1 aliphatic rings. The lowest BCUT2D eigenvalue weighted by Gasteiger charge is -2.15. The quantitative estimate of drug-likeness (QED) is 0.662. The van der Waals surface area contributed by atoms with Gasteiger partial charge < -0.3 is 4.74 Å². The van der Waals surface area contributed by atoms with Gasteiger partial charge in [-0.05, 0) is 29.8 Å². The molecule has 1 aromatic heterocycles. The maximum atomic E-state index is 5.62. The zero-order valence-electron chi connectivity index (χ0n) is 6.47. The van der Waals surface area contributed by atoms with E-state index in [4.69, 9.17) is 4.74 Å². The van der Waals surface area contributed by atoms with Gasteiger partial charge in [-0.25, -0.2) is 4.68 Å². The van der Waals surface area contributed by atoms with Crippen LogP contribution in [-0.4, -0.2) is 15.4 Å². The van der Waals surface area contributed by atoms with E-state index in [1.807, 2.05) is 18.5 Å². The molecule has 0 spiro atoms. The fourth-order valence-electron chi connectivity index (χ4n) is 1.22. The first-order valence-electron chi connectivity index (χ1n) is 3.49. The second-order valence-corrected chi connectivity index (χ2v) is 4.17. The minimum absolute atomic E-state index is 0.105. The summed E-state index contributed by atoms with van der Waals surface area (Å²) in [4.78, 5) is 0. The van der Waals surface area contributed by atoms with Gasteiger partial charge in [0.15, 0.2) is 0 Å². The summed E-state index contributed by atoms with van der Waals surface area (Å²) in [7, 11) is 0. The van der Waals surface area contributed by atoms with Crippen molar-refractivity contribution in [1.82, 2.24) is 9.78 Å². The van der Waals surface area contributed by atoms with E-state index >= 15 is 0 Å². The van der Waals surface area contributed by atoms with E-state index in [1.165, 1.54) is 0 Å². The summed E-state index contributed by atoms with van der Waals surface area (Å²) in [6.45, 7) is 4.93. The summed E-state index contributed by atoms with van der Waals surface area (Å²) in [5, 5.41) is 4.14. The number of halogens is 1. The molecule has 3 nitrogen and oxygen atoms in total. The molecular formula is C7H9BrN2O. The van der Waals surface area contributed by atoms with Gasteiger partial charge in [0, 0.05) is 0 Å². The third kappa shape index (κ3) is 1.05. The molecule has 1 aliphatic heterocycles. The van der Waals surface area contributed by atoms with E-state index < -0.39 is 0 Å². The molecule has 0 saturated carbocycles. The van der Waals surface area contributed by atoms with Crippen molar-refractivity contribution in [3.8, 4) is 5.88 Å². The van der Waals surface area contributed by atoms with Gasteiger partial charge in [0.05, 0.1) is 17.2 Å². The molecule has 0 unspecified atom stereocenters. The summed E-state index contributed by atoms with van der Waals surface area (Å²) in [6.07, 6.45) is 1.75. The molecule has 0 fully saturated rings. The third-order valence-electron chi connectivity index (χ3n) is 1.65. The molecule has 0 N–H and O–H groups in total. The molecule has 0 atom stereocenters. The average Bonchev–Trinajstić information content (AvgIpc) is 2.31. The Hall–Kier alpha value is -0.510. The molecule has 0 amide bonds. The molecule has 2 heterocycles. The van der Waals surface area contributed by atoms with Crippen molar-refractivity contribution in [3.05, 3.63) is 10.7 Å². The van der Waals surface area contributed by atoms with E-state index in [1.54, 1.807) is 6.20 Å². The monoisotopic (exact) mass is 216 g/mol. The molecule has 0 aliphatic carbocycles. The Labute approximate surface area is 73.5 Å². The van der Waals surface area contributed by atoms with Crippen LogP contribution in [0.15, 0.2) is 10.7 Å². The second-order valence-electron chi connectivity index (χ2n) is 3.32. The first-order valence-corrected chi connectivity index (χ1v) is 4.28. The number of hydrogen-bond donors (Lipinski definition) is 0. The minimum Gasteiger partial charge on any atom is -0.469 e. The number of ether oxygens (including phenoxy) is 1. The number of fused-ring (bicyclic) bond motifs is 1. The van der Waals surface area contributed by atoms with Crippen LogP contribution < -0.4 is 4.74 Å². The van der Waals surface area contributed by atoms with Crippen LogP contribution >= 0.6 is 15.9 Å². The molecule has 4 heteroatoms. The van der Waals surface area contributed by atoms with Gasteiger partial charge in [0.1, 0.15) is 5.60 Å². The third-order valence-corrected chi connectivity index (χ3v) is 2.20. The molecule has 11 heavy (non-hydrogen) atoms. The van der Waals surface area contributed by atoms with E-state index in [-0.39, 0.29) is 5.60 Å². The van der Waals surface area contributed by atoms with Crippen LogP contribution in [0.25, 0.3) is 0 Å². The van der Waals surface area contributed by atoms with Crippen LogP contribution in [0, 0.1) is 0 Å². The Balaban J connectivity index is 2.42. The van der Waals surface area contributed by atoms with Gasteiger partial charge >= 0.3 is 0 Å². The average molecular weight is 217 g/mol. The lowest BCUT2D eigenvalue weighted by atomic mass is 10.1. The van der Waals surface area contributed by atoms with Crippen LogP contribution in [0.4, 0.5) is 0 Å². The number of rotatable bonds is 0. The molecule has 0 radical (unpaired) electrons. The Bertz CT molecular complexity index is 293. The normalized spacial score (nSPS) is 19.5. The summed E-state index contributed by atoms with van der Waals surface area (Å²) in [5.74, 6) is 0.843. The highest BCUT2D eigenvalue weighted by molar-refractivity contribution is 9.10. The summed E-state index contributed by atoms with van der Waals surface area (Å²) < 4.78 is 8.42. The van der Waals surface area contributed by atoms with Crippen LogP contribution in [-0.2, 0) is 6.54 Å². The van der Waals surface area contributed by atoms with Crippen LogP contribution in [0.1, 0.15) is 13.8 Å². The fourth-order valence-corrected chi connectivity index (χ4v) is 1.60. The Morgan fingerprint density at radius 1 is 1.73 bits per heavy atom. The smallest absolute Gasteiger partial charge is 0.227 e. The predicted octanol–water partition coefficient (Wildman–Crippen LogP) is 1.82. The Kier molecular flexibility index (Phi) is 1.30. The standard InChI is InChI=1S/C7H9BrN2O/c1-7(2)4-10-6(11-7)5(8)3-9-10/h3H,4H2,1-2H3. The second kappa shape index (κ2) is 2.00. The molecule has 1 aromatic rings. The summed E-state index contributed by atoms with van der Waals surface area (Å²) in [6, 6.07) is 0. The van der Waals surface area contributed by atoms with Crippen molar-refractivity contribution in [2.45, 2.75) is 26.0 Å². The Morgan fingerprint density at radius 2 is 2.45 bits per heavy atom. The molecule has 0 saturated heterocycles. The van der Waals surface area contributed by atoms with Gasteiger partial charge in [0.25, 0.3) is 0 Å². The van der Waals surface area contributed by atoms with E-state index in [0.717, 1.165) is 16.9 Å². The number of aromatic nitrogens is 2. The molecular weight excluding hydrogens is 208 g/mol. The first kappa shape index (κ1) is 7.16. The van der Waals surface area contributed by atoms with Gasteiger partial charge in [-0.1, -0.05) is 0 Å². The lowest BCUT2D eigenvalue weighted by molar-refractivity contribution is 0.134. The molecule has 0 aromatic carbocycles. The fraction of sp³-hybridized carbons (Fsp3) is 0.571. The zero-order valence-corrected chi connectivity index (χ0v) is 8.05. The number of hydrogen-bond acceptors (Lipinski definition) is 2. The zero-order chi connectivity index (χ0) is 8.06. The van der Waals surface area contributed by atoms with Crippen molar-refractivity contribution in [1.29, 1.82) is 0 Å². The molecule has 60 valence electrons. The highest BCUT2D eigenvalue weighted by Gasteiger charge is 2.32. The maximum Gasteiger partial charge on any atom is 0.227 e. The van der Waals surface area contributed by atoms with Crippen molar-refractivity contribution >= 4 is 15.9 Å². The Morgan fingerprint density at radius 3 is 3.09 bits per heavy atom. The summed E-state index contributed by atoms with van der Waals surface area (Å²) in [5.41, 5.74) is -0.105. The highest BCUT2D eigenvalue weighted by atomic mass is 79.9. The lowest BCUT2D eigenvalue weighted by Crippen LogP contribution is -2.26. The van der Waals surface area contributed by atoms with Gasteiger partial charge in [-0.15, -0.1) is 0 Å². The van der Waals surface area contributed by atoms with Crippen LogP contribution in [0.2, 0.25) is 0 Å². The molecule has 2 rings (SSSR count). The first-order chi connectivity index (χ1) is 5.08. The van der Waals surface area contributed by atoms with Gasteiger partial charge in [-0.3, -0.25) is 0 Å². The van der Waals surface area contributed by atoms with E-state index in [9.17, 15) is 0 Å². The molecule has 0 bridgehead atoms. The van der Waals surface area contributed by atoms with Crippen molar-refractivity contribution in [2.24, 2.45) is 0 Å². The topological polar surface area (TPSA) is 27.1 Å². The van der Waals surface area contributed by atoms with Crippen molar-refractivity contribution in [2.75, 3.05) is 0 Å². The largest absolute Gasteiger partial charge is 0.469 e. The predicted molar refractivity (Wildman–Crippen MR) is 44.6 cm³/mol. The van der Waals surface area contributed by atoms with Crippen LogP contribution in [0.3, 0.4) is 0 Å². The minimum atomic E-state index is -0.105. The van der Waals surface area contributed by atoms with E-state index in [2.05, 4.69) is 21.0 Å². The van der Waals surface area contributed by atoms with Crippen molar-refractivity contribution < 1.29 is 4.74 Å². The van der Waals surface area contributed by atoms with E-state index in [0.29, 0.717) is 0 Å². The van der Waals surface area contributed by atoms with Gasteiger partial charge in [-0.2, -0.15) is 5.10 Å². The highest BCUT2D eigenvalue weighted by Crippen LogP contribution is 2.34. The summed E-state index contributed by atoms with van der Waals surface area (Å²) >= 11 is 3.36. The maximum absolute atomic E-state index is 5.62. The number of nitrogens with zero attached hydrogens (tertiary/aromatic N) is 2.